The minimum absolute atomic E-state index is 0.0834. The van der Waals surface area contributed by atoms with Crippen molar-refractivity contribution in [2.75, 3.05) is 13.1 Å². The molecule has 1 amide bonds. The maximum atomic E-state index is 11.9. The molecule has 1 aromatic rings. The Morgan fingerprint density at radius 1 is 1.60 bits per heavy atom. The Hall–Kier alpha value is -1.36. The van der Waals surface area contributed by atoms with Crippen molar-refractivity contribution in [2.45, 2.75) is 26.3 Å². The predicted octanol–water partition coefficient (Wildman–Crippen LogP) is 0.383. The second-order valence-corrected chi connectivity index (χ2v) is 3.86. The molecule has 2 heterocycles. The van der Waals surface area contributed by atoms with E-state index < -0.39 is 0 Å². The third-order valence-electron chi connectivity index (χ3n) is 2.66. The van der Waals surface area contributed by atoms with Gasteiger partial charge in [0.1, 0.15) is 11.3 Å². The highest BCUT2D eigenvalue weighted by Gasteiger charge is 2.22. The minimum atomic E-state index is -0.0834. The molecule has 15 heavy (non-hydrogen) atoms. The zero-order valence-electron chi connectivity index (χ0n) is 8.96. The van der Waals surface area contributed by atoms with Gasteiger partial charge in [0.15, 0.2) is 0 Å². The number of carbonyl (C=O) groups excluding carboxylic acids is 1. The lowest BCUT2D eigenvalue weighted by molar-refractivity contribution is 0.0938. The molecule has 0 aromatic carbocycles. The third kappa shape index (κ3) is 2.02. The SMILES string of the molecule is Cc1noc(C)c1C(=O)NC1CCNC1. The fraction of sp³-hybridized carbons (Fsp3) is 0.600. The molecular formula is C10H15N3O2. The van der Waals surface area contributed by atoms with Crippen molar-refractivity contribution >= 4 is 5.91 Å². The summed E-state index contributed by atoms with van der Waals surface area (Å²) in [5, 5.41) is 9.92. The first-order valence-corrected chi connectivity index (χ1v) is 5.13. The molecule has 1 aromatic heterocycles. The topological polar surface area (TPSA) is 67.2 Å². The van der Waals surface area contributed by atoms with Crippen LogP contribution in [0.1, 0.15) is 28.2 Å². The molecule has 5 nitrogen and oxygen atoms in total. The lowest BCUT2D eigenvalue weighted by atomic mass is 10.1. The molecule has 1 unspecified atom stereocenters. The van der Waals surface area contributed by atoms with Crippen LogP contribution in [-0.4, -0.2) is 30.2 Å². The summed E-state index contributed by atoms with van der Waals surface area (Å²) in [6, 6.07) is 0.228. The quantitative estimate of drug-likeness (QED) is 0.739. The summed E-state index contributed by atoms with van der Waals surface area (Å²) >= 11 is 0. The van der Waals surface area contributed by atoms with E-state index in [0.717, 1.165) is 19.5 Å². The van der Waals surface area contributed by atoms with Crippen LogP contribution in [0.2, 0.25) is 0 Å². The first kappa shape index (κ1) is 10.2. The maximum Gasteiger partial charge on any atom is 0.257 e. The maximum absolute atomic E-state index is 11.9. The predicted molar refractivity (Wildman–Crippen MR) is 54.7 cm³/mol. The van der Waals surface area contributed by atoms with Gasteiger partial charge in [-0.2, -0.15) is 0 Å². The summed E-state index contributed by atoms with van der Waals surface area (Å²) in [5.41, 5.74) is 1.22. The summed E-state index contributed by atoms with van der Waals surface area (Å²) in [5.74, 6) is 0.496. The lowest BCUT2D eigenvalue weighted by Crippen LogP contribution is -2.36. The molecule has 0 saturated carbocycles. The van der Waals surface area contributed by atoms with Gasteiger partial charge in [0.05, 0.1) is 5.69 Å². The van der Waals surface area contributed by atoms with E-state index in [1.165, 1.54) is 0 Å². The molecule has 0 radical (unpaired) electrons. The second kappa shape index (κ2) is 4.02. The van der Waals surface area contributed by atoms with Crippen molar-refractivity contribution in [1.29, 1.82) is 0 Å². The summed E-state index contributed by atoms with van der Waals surface area (Å²) in [6.07, 6.45) is 0.981. The standard InChI is InChI=1S/C10H15N3O2/c1-6-9(7(2)15-13-6)10(14)12-8-3-4-11-5-8/h8,11H,3-5H2,1-2H3,(H,12,14). The summed E-state index contributed by atoms with van der Waals surface area (Å²) in [4.78, 5) is 11.9. The van der Waals surface area contributed by atoms with E-state index >= 15 is 0 Å². The molecule has 0 bridgehead atoms. The number of carbonyl (C=O) groups is 1. The zero-order chi connectivity index (χ0) is 10.8. The van der Waals surface area contributed by atoms with Gasteiger partial charge in [-0.25, -0.2) is 0 Å². The molecule has 1 aliphatic heterocycles. The molecule has 5 heteroatoms. The molecule has 0 spiro atoms. The number of hydrogen-bond donors (Lipinski definition) is 2. The van der Waals surface area contributed by atoms with Gasteiger partial charge >= 0.3 is 0 Å². The van der Waals surface area contributed by atoms with Crippen LogP contribution < -0.4 is 10.6 Å². The highest BCUT2D eigenvalue weighted by molar-refractivity contribution is 5.96. The van der Waals surface area contributed by atoms with Crippen molar-refractivity contribution in [2.24, 2.45) is 0 Å². The molecule has 1 saturated heterocycles. The number of rotatable bonds is 2. The van der Waals surface area contributed by atoms with Gasteiger partial charge in [0.2, 0.25) is 0 Å². The fourth-order valence-corrected chi connectivity index (χ4v) is 1.84. The van der Waals surface area contributed by atoms with E-state index in [2.05, 4.69) is 15.8 Å². The highest BCUT2D eigenvalue weighted by Crippen LogP contribution is 2.12. The van der Waals surface area contributed by atoms with Crippen molar-refractivity contribution in [3.63, 3.8) is 0 Å². The number of nitrogens with one attached hydrogen (secondary N) is 2. The zero-order valence-corrected chi connectivity index (χ0v) is 8.96. The van der Waals surface area contributed by atoms with E-state index in [9.17, 15) is 4.79 Å². The highest BCUT2D eigenvalue weighted by atomic mass is 16.5. The van der Waals surface area contributed by atoms with Crippen molar-refractivity contribution in [1.82, 2.24) is 15.8 Å². The van der Waals surface area contributed by atoms with Crippen molar-refractivity contribution < 1.29 is 9.32 Å². The average molecular weight is 209 g/mol. The molecule has 1 aliphatic rings. The van der Waals surface area contributed by atoms with E-state index in [1.54, 1.807) is 13.8 Å². The average Bonchev–Trinajstić information content (AvgIpc) is 2.77. The Bertz CT molecular complexity index is 347. The van der Waals surface area contributed by atoms with Crippen LogP contribution >= 0.6 is 0 Å². The second-order valence-electron chi connectivity index (χ2n) is 3.86. The van der Waals surface area contributed by atoms with E-state index in [1.807, 2.05) is 0 Å². The van der Waals surface area contributed by atoms with Gasteiger partial charge in [-0.1, -0.05) is 5.16 Å². The number of aromatic nitrogens is 1. The van der Waals surface area contributed by atoms with Crippen LogP contribution in [-0.2, 0) is 0 Å². The van der Waals surface area contributed by atoms with Gasteiger partial charge in [-0.05, 0) is 26.8 Å². The van der Waals surface area contributed by atoms with E-state index in [-0.39, 0.29) is 11.9 Å². The van der Waals surface area contributed by atoms with Crippen LogP contribution in [0.25, 0.3) is 0 Å². The van der Waals surface area contributed by atoms with E-state index in [0.29, 0.717) is 17.0 Å². The number of aryl methyl sites for hydroxylation is 2. The van der Waals surface area contributed by atoms with Gasteiger partial charge in [0, 0.05) is 12.6 Å². The van der Waals surface area contributed by atoms with Crippen LogP contribution in [0, 0.1) is 13.8 Å². The number of nitrogens with zero attached hydrogens (tertiary/aromatic N) is 1. The minimum Gasteiger partial charge on any atom is -0.361 e. The normalized spacial score (nSPS) is 20.5. The Morgan fingerprint density at radius 3 is 2.93 bits per heavy atom. The fourth-order valence-electron chi connectivity index (χ4n) is 1.84. The third-order valence-corrected chi connectivity index (χ3v) is 2.66. The molecular weight excluding hydrogens is 194 g/mol. The Labute approximate surface area is 88.2 Å². The number of hydrogen-bond acceptors (Lipinski definition) is 4. The van der Waals surface area contributed by atoms with Crippen molar-refractivity contribution in [3.05, 3.63) is 17.0 Å². The Morgan fingerprint density at radius 2 is 2.40 bits per heavy atom. The summed E-state index contributed by atoms with van der Waals surface area (Å²) < 4.78 is 4.95. The van der Waals surface area contributed by atoms with Crippen LogP contribution in [0.3, 0.4) is 0 Å². The molecule has 2 rings (SSSR count). The molecule has 0 aliphatic carbocycles. The van der Waals surface area contributed by atoms with Crippen LogP contribution in [0.15, 0.2) is 4.52 Å². The Kier molecular flexibility index (Phi) is 2.73. The number of amides is 1. The van der Waals surface area contributed by atoms with Crippen molar-refractivity contribution in [3.8, 4) is 0 Å². The lowest BCUT2D eigenvalue weighted by Gasteiger charge is -2.10. The van der Waals surface area contributed by atoms with Crippen LogP contribution in [0.4, 0.5) is 0 Å². The molecule has 2 N–H and O–H groups in total. The smallest absolute Gasteiger partial charge is 0.257 e. The molecule has 1 atom stereocenters. The first-order chi connectivity index (χ1) is 7.18. The first-order valence-electron chi connectivity index (χ1n) is 5.13. The van der Waals surface area contributed by atoms with Gasteiger partial charge in [-0.3, -0.25) is 4.79 Å². The van der Waals surface area contributed by atoms with Gasteiger partial charge in [-0.15, -0.1) is 0 Å². The van der Waals surface area contributed by atoms with Crippen LogP contribution in [0.5, 0.6) is 0 Å². The van der Waals surface area contributed by atoms with E-state index in [4.69, 9.17) is 4.52 Å². The summed E-state index contributed by atoms with van der Waals surface area (Å²) in [7, 11) is 0. The van der Waals surface area contributed by atoms with Gasteiger partial charge in [0.25, 0.3) is 5.91 Å². The summed E-state index contributed by atoms with van der Waals surface area (Å²) in [6.45, 7) is 5.34. The monoisotopic (exact) mass is 209 g/mol. The molecule has 82 valence electrons. The largest absolute Gasteiger partial charge is 0.361 e. The Balaban J connectivity index is 2.07. The molecule has 1 fully saturated rings. The van der Waals surface area contributed by atoms with Gasteiger partial charge < -0.3 is 15.2 Å².